The zero-order valence-corrected chi connectivity index (χ0v) is 19.8. The molecule has 0 fully saturated rings. The molecule has 0 radical (unpaired) electrons. The van der Waals surface area contributed by atoms with Crippen molar-refractivity contribution < 1.29 is 14.6 Å². The van der Waals surface area contributed by atoms with Crippen LogP contribution < -0.4 is 10.2 Å². The minimum Gasteiger partial charge on any atom is -0.503 e. The average Bonchev–Trinajstić information content (AvgIpc) is 3.22. The van der Waals surface area contributed by atoms with Crippen LogP contribution in [0.5, 0.6) is 11.5 Å². The van der Waals surface area contributed by atoms with Crippen LogP contribution in [-0.4, -0.2) is 40.3 Å². The molecule has 11 heteroatoms. The van der Waals surface area contributed by atoms with Crippen molar-refractivity contribution in [3.05, 3.63) is 58.1 Å². The lowest BCUT2D eigenvalue weighted by Crippen LogP contribution is -2.19. The fraction of sp³-hybridized carbons (Fsp3) is 0.158. The molecule has 0 unspecified atom stereocenters. The third-order valence-electron chi connectivity index (χ3n) is 3.59. The van der Waals surface area contributed by atoms with Gasteiger partial charge >= 0.3 is 0 Å². The maximum absolute atomic E-state index is 12.0. The predicted molar refractivity (Wildman–Crippen MR) is 125 cm³/mol. The second kappa shape index (κ2) is 11.3. The van der Waals surface area contributed by atoms with Crippen molar-refractivity contribution in [2.75, 3.05) is 12.9 Å². The number of phenols is 1. The summed E-state index contributed by atoms with van der Waals surface area (Å²) in [7, 11) is 1.46. The second-order valence-corrected chi connectivity index (χ2v) is 10.0. The molecule has 0 bridgehead atoms. The van der Waals surface area contributed by atoms with E-state index >= 15 is 0 Å². The number of nitrogens with zero attached hydrogens (tertiary/aromatic N) is 3. The smallest absolute Gasteiger partial charge is 0.250 e. The molecule has 0 saturated carbocycles. The highest BCUT2D eigenvalue weighted by Gasteiger charge is 2.09. The molecule has 156 valence electrons. The Morgan fingerprint density at radius 1 is 1.27 bits per heavy atom. The molecule has 30 heavy (non-hydrogen) atoms. The maximum atomic E-state index is 12.0. The summed E-state index contributed by atoms with van der Waals surface area (Å²) in [6, 6.07) is 13.4. The van der Waals surface area contributed by atoms with Crippen LogP contribution in [0.25, 0.3) is 0 Å². The monoisotopic (exact) mass is 524 g/mol. The summed E-state index contributed by atoms with van der Waals surface area (Å²) in [5.41, 5.74) is 4.35. The molecule has 0 aliphatic heterocycles. The lowest BCUT2D eigenvalue weighted by Gasteiger charge is -2.06. The highest BCUT2D eigenvalue weighted by atomic mass is 79.9. The lowest BCUT2D eigenvalue weighted by molar-refractivity contribution is -0.118. The van der Waals surface area contributed by atoms with Gasteiger partial charge in [-0.1, -0.05) is 65.2 Å². The van der Waals surface area contributed by atoms with Crippen molar-refractivity contribution in [1.82, 2.24) is 15.6 Å². The molecule has 0 aliphatic carbocycles. The third-order valence-corrected chi connectivity index (χ3v) is 7.46. The number of amides is 1. The van der Waals surface area contributed by atoms with E-state index in [4.69, 9.17) is 4.74 Å². The lowest BCUT2D eigenvalue weighted by atomic mass is 10.2. The van der Waals surface area contributed by atoms with Crippen LogP contribution in [0.3, 0.4) is 0 Å². The van der Waals surface area contributed by atoms with Crippen molar-refractivity contribution in [3.8, 4) is 11.5 Å². The number of phenolic OH excluding ortho intramolecular Hbond substituents is 1. The molecule has 1 aromatic heterocycles. The molecule has 1 heterocycles. The molecule has 0 spiro atoms. The van der Waals surface area contributed by atoms with Gasteiger partial charge in [0.15, 0.2) is 20.2 Å². The van der Waals surface area contributed by atoms with Gasteiger partial charge in [0.25, 0.3) is 5.91 Å². The zero-order chi connectivity index (χ0) is 21.3. The van der Waals surface area contributed by atoms with Crippen LogP contribution in [-0.2, 0) is 10.5 Å². The molecule has 0 aliphatic rings. The standard InChI is InChI=1S/C19H17BrN4O3S3/c1-27-15-8-13(7-14(20)17(15)26)9-21-22-16(25)11-29-19-24-23-18(30-19)28-10-12-5-3-2-4-6-12/h2-9,26H,10-11H2,1H3,(H,22,25). The summed E-state index contributed by atoms with van der Waals surface area (Å²) >= 11 is 7.64. The van der Waals surface area contributed by atoms with Crippen LogP contribution >= 0.6 is 50.8 Å². The van der Waals surface area contributed by atoms with Crippen LogP contribution in [0.4, 0.5) is 0 Å². The topological polar surface area (TPSA) is 96.7 Å². The summed E-state index contributed by atoms with van der Waals surface area (Å²) in [6.45, 7) is 0. The van der Waals surface area contributed by atoms with E-state index in [1.54, 1.807) is 23.9 Å². The minimum absolute atomic E-state index is 0.00782. The highest BCUT2D eigenvalue weighted by Crippen LogP contribution is 2.34. The summed E-state index contributed by atoms with van der Waals surface area (Å²) in [6.07, 6.45) is 1.47. The van der Waals surface area contributed by atoms with Gasteiger partial charge in [0, 0.05) is 5.75 Å². The Morgan fingerprint density at radius 3 is 2.73 bits per heavy atom. The first-order chi connectivity index (χ1) is 14.5. The average molecular weight is 525 g/mol. The Bertz CT molecular complexity index is 1030. The number of carbonyl (C=O) groups is 1. The summed E-state index contributed by atoms with van der Waals surface area (Å²) in [5.74, 6) is 1.07. The molecule has 3 rings (SSSR count). The first kappa shape index (κ1) is 22.6. The van der Waals surface area contributed by atoms with Crippen molar-refractivity contribution >= 4 is 62.9 Å². The van der Waals surface area contributed by atoms with Crippen LogP contribution in [0, 0.1) is 0 Å². The fourth-order valence-electron chi connectivity index (χ4n) is 2.20. The number of hydrogen-bond acceptors (Lipinski definition) is 9. The van der Waals surface area contributed by atoms with E-state index in [2.05, 4.69) is 48.8 Å². The van der Waals surface area contributed by atoms with Gasteiger partial charge in [0.05, 0.1) is 23.5 Å². The molecule has 2 aromatic carbocycles. The van der Waals surface area contributed by atoms with Gasteiger partial charge < -0.3 is 9.84 Å². The Kier molecular flexibility index (Phi) is 8.55. The van der Waals surface area contributed by atoms with E-state index in [0.29, 0.717) is 15.8 Å². The zero-order valence-electron chi connectivity index (χ0n) is 15.7. The molecule has 7 nitrogen and oxygen atoms in total. The van der Waals surface area contributed by atoms with Gasteiger partial charge in [0.2, 0.25) is 0 Å². The van der Waals surface area contributed by atoms with Gasteiger partial charge in [0.1, 0.15) is 0 Å². The molecular formula is C19H17BrN4O3S3. The number of benzene rings is 2. The second-order valence-electron chi connectivity index (χ2n) is 5.74. The molecule has 2 N–H and O–H groups in total. The van der Waals surface area contributed by atoms with Gasteiger partial charge in [-0.05, 0) is 39.2 Å². The van der Waals surface area contributed by atoms with Gasteiger partial charge in [-0.3, -0.25) is 4.79 Å². The number of ether oxygens (including phenoxy) is 1. The molecule has 3 aromatic rings. The first-order valence-corrected chi connectivity index (χ1v) is 12.1. The summed E-state index contributed by atoms with van der Waals surface area (Å²) in [5, 5.41) is 22.0. The normalized spacial score (nSPS) is 11.0. The minimum atomic E-state index is -0.255. The number of aromatic nitrogens is 2. The largest absolute Gasteiger partial charge is 0.503 e. The quantitative estimate of drug-likeness (QED) is 0.240. The number of rotatable bonds is 9. The van der Waals surface area contributed by atoms with E-state index in [9.17, 15) is 9.90 Å². The van der Waals surface area contributed by atoms with E-state index in [1.165, 1.54) is 42.0 Å². The number of hydrogen-bond donors (Lipinski definition) is 2. The first-order valence-electron chi connectivity index (χ1n) is 8.56. The van der Waals surface area contributed by atoms with Crippen LogP contribution in [0.2, 0.25) is 0 Å². The van der Waals surface area contributed by atoms with Gasteiger partial charge in [-0.15, -0.1) is 10.2 Å². The van der Waals surface area contributed by atoms with Gasteiger partial charge in [-0.2, -0.15) is 5.10 Å². The van der Waals surface area contributed by atoms with Gasteiger partial charge in [-0.25, -0.2) is 5.43 Å². The molecule has 0 saturated heterocycles. The number of methoxy groups -OCH3 is 1. The number of aromatic hydroxyl groups is 1. The number of nitrogens with one attached hydrogen (secondary N) is 1. The van der Waals surface area contributed by atoms with Crippen molar-refractivity contribution in [2.24, 2.45) is 5.10 Å². The summed E-state index contributed by atoms with van der Waals surface area (Å²) in [4.78, 5) is 12.0. The van der Waals surface area contributed by atoms with Crippen LogP contribution in [0.15, 0.2) is 60.7 Å². The van der Waals surface area contributed by atoms with Crippen molar-refractivity contribution in [2.45, 2.75) is 14.4 Å². The number of thioether (sulfide) groups is 2. The van der Waals surface area contributed by atoms with Crippen LogP contribution in [0.1, 0.15) is 11.1 Å². The number of halogens is 1. The maximum Gasteiger partial charge on any atom is 0.250 e. The Labute approximate surface area is 194 Å². The Balaban J connectivity index is 1.44. The highest BCUT2D eigenvalue weighted by molar-refractivity contribution is 9.10. The van der Waals surface area contributed by atoms with E-state index in [-0.39, 0.29) is 17.4 Å². The van der Waals surface area contributed by atoms with E-state index in [1.807, 2.05) is 18.2 Å². The fourth-order valence-corrected chi connectivity index (χ4v) is 5.42. The molecular weight excluding hydrogens is 508 g/mol. The Hall–Kier alpha value is -2.08. The van der Waals surface area contributed by atoms with E-state index < -0.39 is 0 Å². The molecule has 1 amide bonds. The van der Waals surface area contributed by atoms with Crippen molar-refractivity contribution in [1.29, 1.82) is 0 Å². The van der Waals surface area contributed by atoms with E-state index in [0.717, 1.165) is 14.4 Å². The third kappa shape index (κ3) is 6.73. The predicted octanol–water partition coefficient (Wildman–Crippen LogP) is 4.55. The summed E-state index contributed by atoms with van der Waals surface area (Å²) < 4.78 is 7.15. The number of hydrazone groups is 1. The Morgan fingerprint density at radius 2 is 2.00 bits per heavy atom. The number of carbonyl (C=O) groups excluding carboxylic acids is 1. The molecule has 0 atom stereocenters. The SMILES string of the molecule is COc1cc(C=NNC(=O)CSc2nnc(SCc3ccccc3)s2)cc(Br)c1O. The van der Waals surface area contributed by atoms with Crippen molar-refractivity contribution in [3.63, 3.8) is 0 Å².